The Hall–Kier alpha value is 0.179. The Bertz CT molecular complexity index is 985. The average molecular weight is 310 g/mol. The Labute approximate surface area is 109 Å². The summed E-state index contributed by atoms with van der Waals surface area (Å²) in [5.41, 5.74) is 1.82. The number of nitrogens with zero attached hydrogens (tertiary/aromatic N) is 1. The standard InChI is InChI=1S/C12H17N2.C5H5.Fe/c1-11(12-4-2-3-5-12)10-14-8-6-13-7-9-14;1-2-4-5-3-1;/h2-5,13H,1,6-10H2;1-5H;. The van der Waals surface area contributed by atoms with Gasteiger partial charge in [0, 0.05) is 0 Å². The molecular formula is C17H22FeN2. The van der Waals surface area contributed by atoms with Gasteiger partial charge in [0.1, 0.15) is 0 Å². The van der Waals surface area contributed by atoms with Gasteiger partial charge in [-0.3, -0.25) is 0 Å². The van der Waals surface area contributed by atoms with Gasteiger partial charge in [0.25, 0.3) is 0 Å². The van der Waals surface area contributed by atoms with Crippen molar-refractivity contribution in [2.45, 2.75) is 47.7 Å². The summed E-state index contributed by atoms with van der Waals surface area (Å²) in [6.45, 7) is 8.18. The first kappa shape index (κ1) is 8.15. The molecule has 0 aromatic heterocycles. The topological polar surface area (TPSA) is 15.3 Å². The second-order valence-electron chi connectivity index (χ2n) is 12.3. The van der Waals surface area contributed by atoms with Crippen LogP contribution in [0.5, 0.6) is 0 Å². The van der Waals surface area contributed by atoms with Crippen molar-refractivity contribution >= 4 is 0 Å². The summed E-state index contributed by atoms with van der Waals surface area (Å²) in [4.78, 5) is 15.8. The van der Waals surface area contributed by atoms with E-state index in [0.29, 0.717) is 0 Å². The molecule has 11 aliphatic rings. The molecule has 0 aromatic carbocycles. The van der Waals surface area contributed by atoms with Crippen molar-refractivity contribution in [2.75, 3.05) is 32.7 Å². The van der Waals surface area contributed by atoms with Gasteiger partial charge in [-0.25, -0.2) is 0 Å². The van der Waals surface area contributed by atoms with Crippen LogP contribution >= 0.6 is 0 Å². The van der Waals surface area contributed by atoms with Crippen molar-refractivity contribution in [3.63, 3.8) is 0 Å². The summed E-state index contributed by atoms with van der Waals surface area (Å²) in [6.07, 6.45) is 0. The van der Waals surface area contributed by atoms with Crippen LogP contribution < -0.4 is 5.32 Å². The van der Waals surface area contributed by atoms with E-state index < -0.39 is 6.51 Å². The van der Waals surface area contributed by atoms with Gasteiger partial charge in [0.05, 0.1) is 0 Å². The molecule has 11 heterocycles. The Morgan fingerprint density at radius 3 is 1.95 bits per heavy atom. The molecule has 0 radical (unpaired) electrons. The molecular weight excluding hydrogens is 288 g/mol. The number of hydrogen-bond acceptors (Lipinski definition) is 2. The van der Waals surface area contributed by atoms with Crippen LogP contribution in [0.4, 0.5) is 0 Å². The summed E-state index contributed by atoms with van der Waals surface area (Å²) in [6, 6.07) is 0. The molecule has 1 N–H and O–H groups in total. The Morgan fingerprint density at radius 1 is 1.00 bits per heavy atom. The fourth-order valence-corrected chi connectivity index (χ4v) is 93.0. The first-order chi connectivity index (χ1) is 9.54. The Kier molecular flexibility index (Phi) is 0.318. The van der Waals surface area contributed by atoms with Gasteiger partial charge in [-0.15, -0.1) is 0 Å². The number of piperazine rings is 1. The fraction of sp³-hybridized carbons (Fsp3) is 0.882. The van der Waals surface area contributed by atoms with Gasteiger partial charge in [-0.05, 0) is 0 Å². The van der Waals surface area contributed by atoms with E-state index in [0.717, 1.165) is 4.31 Å². The minimum atomic E-state index is -2.88. The SMILES string of the molecule is C=C(CN1CCNCC1)[C]12[CH]3[CH]4[CH]5[CH]1[Fe]45321678[CH]2[CH]1[CH]6[CH]7[CH]28. The maximum absolute atomic E-state index is 4.81. The zero-order chi connectivity index (χ0) is 12.4. The molecule has 0 amide bonds. The van der Waals surface area contributed by atoms with E-state index in [9.17, 15) is 0 Å². The van der Waals surface area contributed by atoms with E-state index in [1.165, 1.54) is 76.1 Å². The molecule has 2 nitrogen and oxygen atoms in total. The molecule has 11 saturated heterocycles. The van der Waals surface area contributed by atoms with Crippen molar-refractivity contribution in [2.24, 2.45) is 0 Å². The first-order valence-corrected chi connectivity index (χ1v) is 15.2. The van der Waals surface area contributed by atoms with Crippen molar-refractivity contribution < 1.29 is 6.51 Å². The quantitative estimate of drug-likeness (QED) is 0.636. The second kappa shape index (κ2) is 0.779. The number of hydrogen-bond donors (Lipinski definition) is 1. The van der Waals surface area contributed by atoms with Gasteiger partial charge in [0.15, 0.2) is 0 Å². The van der Waals surface area contributed by atoms with Crippen LogP contribution in [0, 0.1) is 0 Å². The number of nitrogens with one attached hydrogen (secondary N) is 1. The molecule has 108 valence electrons. The predicted octanol–water partition coefficient (Wildman–Crippen LogP) is 3.21. The molecule has 11 fully saturated rings. The normalized spacial score (nSPS) is 108. The van der Waals surface area contributed by atoms with Crippen LogP contribution in [0.15, 0.2) is 12.2 Å². The minimum absolute atomic E-state index is 0.948. The molecule has 0 bridgehead atoms. The molecule has 4 atom stereocenters. The molecule has 3 heteroatoms. The van der Waals surface area contributed by atoms with Crippen LogP contribution in [0.25, 0.3) is 0 Å². The van der Waals surface area contributed by atoms with Crippen molar-refractivity contribution in [3.8, 4) is 0 Å². The molecule has 4 unspecified atom stereocenters. The Balaban J connectivity index is 1.21. The van der Waals surface area contributed by atoms with Crippen LogP contribution in [0.3, 0.4) is 0 Å². The Morgan fingerprint density at radius 2 is 1.55 bits per heavy atom. The molecule has 11 rings (SSSR count). The van der Waals surface area contributed by atoms with Gasteiger partial charge in [0.2, 0.25) is 0 Å². The van der Waals surface area contributed by atoms with Crippen LogP contribution in [-0.2, 0) is 6.51 Å². The third-order valence-corrected chi connectivity index (χ3v) is 59.3. The van der Waals surface area contributed by atoms with E-state index in [1.54, 1.807) is 0 Å². The summed E-state index contributed by atoms with van der Waals surface area (Å²) in [5.74, 6) is 0. The zero-order valence-electron chi connectivity index (χ0n) is 11.7. The third-order valence-electron chi connectivity index (χ3n) is 16.8. The number of rotatable bonds is 3. The summed E-state index contributed by atoms with van der Waals surface area (Å²) in [7, 11) is 0. The maximum atomic E-state index is 4.81. The van der Waals surface area contributed by atoms with Crippen molar-refractivity contribution in [3.05, 3.63) is 12.2 Å². The predicted molar refractivity (Wildman–Crippen MR) is 74.9 cm³/mol. The van der Waals surface area contributed by atoms with E-state index in [4.69, 9.17) is 6.58 Å². The molecule has 20 heavy (non-hydrogen) atoms. The summed E-state index contributed by atoms with van der Waals surface area (Å²) >= 11 is 0. The van der Waals surface area contributed by atoms with Gasteiger partial charge in [-0.1, -0.05) is 0 Å². The van der Waals surface area contributed by atoms with E-state index >= 15 is 0 Å². The monoisotopic (exact) mass is 310 g/mol. The summed E-state index contributed by atoms with van der Waals surface area (Å²) in [5, 5.41) is 3.50. The molecule has 11 aliphatic heterocycles. The van der Waals surface area contributed by atoms with Crippen LogP contribution in [0.1, 0.15) is 0 Å². The molecule has 0 saturated carbocycles. The van der Waals surface area contributed by atoms with Gasteiger partial charge in [-0.2, -0.15) is 0 Å². The summed E-state index contributed by atoms with van der Waals surface area (Å²) < 4.78 is 0.948. The average Bonchev–Trinajstić information content (AvgIpc) is 3.40. The molecule has 0 aliphatic carbocycles. The van der Waals surface area contributed by atoms with Crippen LogP contribution in [0.2, 0.25) is 47.7 Å². The zero-order valence-corrected chi connectivity index (χ0v) is 12.8. The molecule has 1 spiro atoms. The van der Waals surface area contributed by atoms with Crippen LogP contribution in [-0.4, -0.2) is 37.6 Å². The van der Waals surface area contributed by atoms with Gasteiger partial charge < -0.3 is 0 Å². The van der Waals surface area contributed by atoms with Crippen molar-refractivity contribution in [1.82, 2.24) is 10.2 Å². The second-order valence-corrected chi connectivity index (χ2v) is 35.9. The van der Waals surface area contributed by atoms with Gasteiger partial charge >= 0.3 is 109 Å². The van der Waals surface area contributed by atoms with Crippen molar-refractivity contribution in [1.29, 1.82) is 0 Å². The third kappa shape index (κ3) is 0.100. The van der Waals surface area contributed by atoms with E-state index in [1.807, 2.05) is 5.57 Å². The number of fused-ring (bicyclic) bond motifs is 10. The molecule has 0 aromatic rings. The fourth-order valence-electron chi connectivity index (χ4n) is 18.4. The first-order valence-electron chi connectivity index (χ1n) is 8.87. The van der Waals surface area contributed by atoms with E-state index in [-0.39, 0.29) is 0 Å². The van der Waals surface area contributed by atoms with E-state index in [2.05, 4.69) is 10.2 Å².